The summed E-state index contributed by atoms with van der Waals surface area (Å²) in [7, 11) is 0. The molecule has 0 unspecified atom stereocenters. The van der Waals surface area contributed by atoms with Crippen molar-refractivity contribution in [3.63, 3.8) is 0 Å². The summed E-state index contributed by atoms with van der Waals surface area (Å²) in [5, 5.41) is 0. The van der Waals surface area contributed by atoms with Gasteiger partial charge >= 0.3 is 0 Å². The fourth-order valence-electron chi connectivity index (χ4n) is 6.27. The summed E-state index contributed by atoms with van der Waals surface area (Å²) in [5.74, 6) is 0. The van der Waals surface area contributed by atoms with Crippen LogP contribution in [-0.2, 0) is 26.2 Å². The van der Waals surface area contributed by atoms with E-state index in [0.29, 0.717) is 0 Å². The molecule has 0 aliphatic rings. The lowest BCUT2D eigenvalue weighted by Gasteiger charge is -2.02. The van der Waals surface area contributed by atoms with Gasteiger partial charge in [-0.2, -0.15) is 0 Å². The Bertz CT molecular complexity index is 754. The van der Waals surface area contributed by atoms with E-state index in [2.05, 4.69) is 69.6 Å². The van der Waals surface area contributed by atoms with Crippen LogP contribution in [0.3, 0.4) is 0 Å². The van der Waals surface area contributed by atoms with Gasteiger partial charge in [0.25, 0.3) is 0 Å². The first-order chi connectivity index (χ1) is 20.8. The van der Waals surface area contributed by atoms with Crippen LogP contribution in [0.1, 0.15) is 181 Å². The minimum atomic E-state index is 1.18. The van der Waals surface area contributed by atoms with Crippen LogP contribution in [-0.4, -0.2) is 9.13 Å². The molecule has 0 amide bonds. The molecule has 42 heavy (non-hydrogen) atoms. The Hall–Kier alpha value is -1.58. The number of imidazole rings is 2. The van der Waals surface area contributed by atoms with Crippen molar-refractivity contribution in [2.24, 2.45) is 0 Å². The lowest BCUT2D eigenvalue weighted by atomic mass is 10.1. The van der Waals surface area contributed by atoms with Crippen LogP contribution >= 0.6 is 0 Å². The number of nitrogens with zero attached hydrogens (tertiary/aromatic N) is 4. The Balaban J connectivity index is 1.33. The topological polar surface area (TPSA) is 17.6 Å². The maximum absolute atomic E-state index is 2.40. The van der Waals surface area contributed by atoms with Crippen molar-refractivity contribution >= 4 is 0 Å². The Morgan fingerprint density at radius 3 is 0.976 bits per heavy atom. The molecular weight excluding hydrogens is 512 g/mol. The van der Waals surface area contributed by atoms with Crippen LogP contribution in [0.25, 0.3) is 0 Å². The maximum Gasteiger partial charge on any atom is 0.243 e. The molecule has 4 nitrogen and oxygen atoms in total. The van der Waals surface area contributed by atoms with Gasteiger partial charge in [-0.1, -0.05) is 129 Å². The number of hydrogen-bond donors (Lipinski definition) is 0. The predicted octanol–water partition coefficient (Wildman–Crippen LogP) is 10.7. The van der Waals surface area contributed by atoms with E-state index in [0.717, 1.165) is 0 Å². The summed E-state index contributed by atoms with van der Waals surface area (Å²) in [6.45, 7) is 9.33. The Morgan fingerprint density at radius 1 is 0.357 bits per heavy atom. The van der Waals surface area contributed by atoms with Gasteiger partial charge in [0.1, 0.15) is 24.8 Å². The van der Waals surface area contributed by atoms with Gasteiger partial charge in [0.05, 0.1) is 26.2 Å². The maximum atomic E-state index is 2.40. The lowest BCUT2D eigenvalue weighted by Crippen LogP contribution is -2.30. The van der Waals surface area contributed by atoms with Crippen molar-refractivity contribution in [2.75, 3.05) is 0 Å². The second-order valence-corrected chi connectivity index (χ2v) is 13.3. The average molecular weight is 585 g/mol. The Labute approximate surface area is 262 Å². The van der Waals surface area contributed by atoms with Gasteiger partial charge in [0.2, 0.25) is 12.7 Å². The van der Waals surface area contributed by atoms with Gasteiger partial charge in [-0.05, 0) is 51.4 Å². The first-order valence-electron chi connectivity index (χ1n) is 18.9. The summed E-state index contributed by atoms with van der Waals surface area (Å²) in [6, 6.07) is 0. The van der Waals surface area contributed by atoms with Gasteiger partial charge in [0.15, 0.2) is 0 Å². The molecule has 0 N–H and O–H groups in total. The highest BCUT2D eigenvalue weighted by molar-refractivity contribution is 4.67. The van der Waals surface area contributed by atoms with Crippen molar-refractivity contribution in [3.8, 4) is 0 Å². The molecule has 0 atom stereocenters. The standard InChI is InChI=1S/C38H72N4/c1-3-5-7-9-11-13-17-21-25-29-39-33-35-41(37-39)31-27-23-19-15-16-20-24-28-32-42-36-34-40(38-42)30-26-22-18-14-12-10-8-6-4-2/h33-38H,3-32H2,1-2H3/q+2. The molecular formula is C38H72N4+2. The molecule has 2 rings (SSSR count). The van der Waals surface area contributed by atoms with Crippen LogP contribution in [0.5, 0.6) is 0 Å². The van der Waals surface area contributed by atoms with Gasteiger partial charge < -0.3 is 0 Å². The van der Waals surface area contributed by atoms with E-state index in [4.69, 9.17) is 0 Å². The molecule has 4 heteroatoms. The highest BCUT2D eigenvalue weighted by Gasteiger charge is 2.05. The molecule has 2 aromatic heterocycles. The molecule has 0 aliphatic heterocycles. The van der Waals surface area contributed by atoms with Gasteiger partial charge in [-0.25, -0.2) is 18.3 Å². The average Bonchev–Trinajstić information content (AvgIpc) is 3.65. The third kappa shape index (κ3) is 20.3. The van der Waals surface area contributed by atoms with E-state index in [1.807, 2.05) is 0 Å². The highest BCUT2D eigenvalue weighted by Crippen LogP contribution is 2.12. The molecule has 0 spiro atoms. The van der Waals surface area contributed by atoms with E-state index in [9.17, 15) is 0 Å². The number of rotatable bonds is 31. The van der Waals surface area contributed by atoms with E-state index >= 15 is 0 Å². The lowest BCUT2D eigenvalue weighted by molar-refractivity contribution is -0.697. The largest absolute Gasteiger partial charge is 0.243 e. The molecule has 242 valence electrons. The third-order valence-electron chi connectivity index (χ3n) is 9.11. The highest BCUT2D eigenvalue weighted by atomic mass is 15.1. The van der Waals surface area contributed by atoms with Crippen molar-refractivity contribution in [1.82, 2.24) is 9.13 Å². The van der Waals surface area contributed by atoms with Crippen LogP contribution < -0.4 is 9.13 Å². The third-order valence-corrected chi connectivity index (χ3v) is 9.11. The minimum absolute atomic E-state index is 1.18. The van der Waals surface area contributed by atoms with E-state index < -0.39 is 0 Å². The summed E-state index contributed by atoms with van der Waals surface area (Å²) in [6.07, 6.45) is 50.1. The molecule has 0 radical (unpaired) electrons. The summed E-state index contributed by atoms with van der Waals surface area (Å²) < 4.78 is 9.59. The second-order valence-electron chi connectivity index (χ2n) is 13.3. The van der Waals surface area contributed by atoms with Crippen LogP contribution in [0, 0.1) is 0 Å². The molecule has 2 heterocycles. The second kappa shape index (κ2) is 27.0. The van der Waals surface area contributed by atoms with Crippen LogP contribution in [0.15, 0.2) is 37.4 Å². The fraction of sp³-hybridized carbons (Fsp3) is 0.842. The number of hydrogen-bond acceptors (Lipinski definition) is 0. The number of unbranched alkanes of at least 4 members (excludes halogenated alkanes) is 23. The fourth-order valence-corrected chi connectivity index (χ4v) is 6.27. The quantitative estimate of drug-likeness (QED) is 0.0619. The normalized spacial score (nSPS) is 11.6. The summed E-state index contributed by atoms with van der Waals surface area (Å²) in [4.78, 5) is 0. The smallest absolute Gasteiger partial charge is 0.237 e. The van der Waals surface area contributed by atoms with E-state index in [1.54, 1.807) is 0 Å². The van der Waals surface area contributed by atoms with E-state index in [1.165, 1.54) is 193 Å². The van der Waals surface area contributed by atoms with Gasteiger partial charge in [-0.3, -0.25) is 0 Å². The number of aryl methyl sites for hydroxylation is 4. The van der Waals surface area contributed by atoms with Crippen LogP contribution in [0.4, 0.5) is 0 Å². The molecule has 0 saturated carbocycles. The van der Waals surface area contributed by atoms with E-state index in [-0.39, 0.29) is 0 Å². The Kier molecular flexibility index (Phi) is 23.5. The minimum Gasteiger partial charge on any atom is -0.237 e. The molecule has 0 fully saturated rings. The van der Waals surface area contributed by atoms with Gasteiger partial charge in [0, 0.05) is 0 Å². The first-order valence-corrected chi connectivity index (χ1v) is 18.9. The van der Waals surface area contributed by atoms with Crippen LogP contribution in [0.2, 0.25) is 0 Å². The SMILES string of the molecule is CCCCCCCCCCC[n+]1ccn(CCCCCCCCCCn2cc[n+](CCCCCCCCCCC)c2)c1. The number of aromatic nitrogens is 4. The summed E-state index contributed by atoms with van der Waals surface area (Å²) in [5.41, 5.74) is 0. The molecule has 0 saturated heterocycles. The predicted molar refractivity (Wildman–Crippen MR) is 181 cm³/mol. The zero-order valence-electron chi connectivity index (χ0n) is 28.5. The molecule has 2 aromatic rings. The monoisotopic (exact) mass is 585 g/mol. The first kappa shape index (κ1) is 36.6. The zero-order chi connectivity index (χ0) is 29.8. The van der Waals surface area contributed by atoms with Crippen molar-refractivity contribution in [2.45, 2.75) is 207 Å². The molecule has 0 aromatic carbocycles. The molecule has 0 aliphatic carbocycles. The zero-order valence-corrected chi connectivity index (χ0v) is 28.5. The molecule has 0 bridgehead atoms. The van der Waals surface area contributed by atoms with Gasteiger partial charge in [-0.15, -0.1) is 0 Å². The van der Waals surface area contributed by atoms with Crippen molar-refractivity contribution in [1.29, 1.82) is 0 Å². The van der Waals surface area contributed by atoms with Crippen molar-refractivity contribution < 1.29 is 9.13 Å². The Morgan fingerprint density at radius 2 is 0.643 bits per heavy atom. The summed E-state index contributed by atoms with van der Waals surface area (Å²) >= 11 is 0. The van der Waals surface area contributed by atoms with Crippen molar-refractivity contribution in [3.05, 3.63) is 37.4 Å².